The minimum absolute atomic E-state index is 0.0601. The number of imidazole rings is 1. The van der Waals surface area contributed by atoms with E-state index in [-0.39, 0.29) is 28.9 Å². The Balaban J connectivity index is 1.52. The zero-order chi connectivity index (χ0) is 19.9. The molecule has 0 unspecified atom stereocenters. The van der Waals surface area contributed by atoms with Gasteiger partial charge in [0.1, 0.15) is 18.2 Å². The van der Waals surface area contributed by atoms with Gasteiger partial charge in [0.05, 0.1) is 11.9 Å². The van der Waals surface area contributed by atoms with Crippen molar-refractivity contribution in [3.8, 4) is 0 Å². The lowest BCUT2D eigenvalue weighted by Crippen LogP contribution is -2.27. The second kappa shape index (κ2) is 6.99. The Morgan fingerprint density at radius 1 is 1.39 bits per heavy atom. The first kappa shape index (κ1) is 18.6. The Morgan fingerprint density at radius 3 is 2.89 bits per heavy atom. The Kier molecular flexibility index (Phi) is 4.64. The van der Waals surface area contributed by atoms with Crippen LogP contribution in [-0.4, -0.2) is 43.9 Å². The van der Waals surface area contributed by atoms with Gasteiger partial charge in [-0.15, -0.1) is 0 Å². The molecule has 4 rings (SSSR count). The van der Waals surface area contributed by atoms with Crippen molar-refractivity contribution in [1.82, 2.24) is 19.5 Å². The van der Waals surface area contributed by atoms with E-state index in [1.807, 2.05) is 0 Å². The van der Waals surface area contributed by atoms with Crippen LogP contribution in [0.1, 0.15) is 23.5 Å². The third-order valence-electron chi connectivity index (χ3n) is 4.34. The molecule has 3 heterocycles. The van der Waals surface area contributed by atoms with Crippen LogP contribution < -0.4 is 5.73 Å². The minimum Gasteiger partial charge on any atom is -0.459 e. The molecule has 2 N–H and O–H groups in total. The number of fused-ring (bicyclic) bond motifs is 1. The van der Waals surface area contributed by atoms with Crippen LogP contribution in [0.3, 0.4) is 0 Å². The molecule has 28 heavy (non-hydrogen) atoms. The molecule has 1 aliphatic rings. The van der Waals surface area contributed by atoms with Gasteiger partial charge < -0.3 is 15.2 Å². The van der Waals surface area contributed by atoms with Crippen LogP contribution in [0, 0.1) is 6.42 Å². The summed E-state index contributed by atoms with van der Waals surface area (Å²) in [6.07, 6.45) is 0.871. The smallest absolute Gasteiger partial charge is 0.338 e. The van der Waals surface area contributed by atoms with Gasteiger partial charge in [0, 0.05) is 6.42 Å². The van der Waals surface area contributed by atoms with Gasteiger partial charge in [-0.3, -0.25) is 4.57 Å². The van der Waals surface area contributed by atoms with Gasteiger partial charge in [0.25, 0.3) is 0 Å². The van der Waals surface area contributed by atoms with E-state index < -0.39 is 24.0 Å². The van der Waals surface area contributed by atoms with E-state index in [2.05, 4.69) is 15.0 Å². The van der Waals surface area contributed by atoms with E-state index in [1.165, 1.54) is 24.2 Å². The second-order valence-electron chi connectivity index (χ2n) is 6.51. The number of hydrogen-bond acceptors (Lipinski definition) is 7. The van der Waals surface area contributed by atoms with Crippen LogP contribution in [0.15, 0.2) is 36.7 Å². The number of carbonyl (C=O) groups excluding carboxylic acids is 1. The SMILES string of the molecule is C[C@@]1(F)[CH][C@H](COC(=O)c2ccccc2)O[C@H]1n1cnc2c(Cl)nc(N)nc21. The van der Waals surface area contributed by atoms with Gasteiger partial charge >= 0.3 is 5.97 Å². The molecule has 1 fully saturated rings. The fourth-order valence-corrected chi connectivity index (χ4v) is 3.31. The summed E-state index contributed by atoms with van der Waals surface area (Å²) in [6.45, 7) is 1.23. The molecule has 0 spiro atoms. The van der Waals surface area contributed by atoms with Gasteiger partial charge in [-0.25, -0.2) is 14.2 Å². The lowest BCUT2D eigenvalue weighted by Gasteiger charge is -2.22. The average Bonchev–Trinajstić information content (AvgIpc) is 3.20. The first-order chi connectivity index (χ1) is 13.3. The van der Waals surface area contributed by atoms with E-state index >= 15 is 4.39 Å². The molecule has 3 atom stereocenters. The van der Waals surface area contributed by atoms with Gasteiger partial charge in [-0.05, 0) is 19.1 Å². The highest BCUT2D eigenvalue weighted by atomic mass is 35.5. The molecule has 1 aliphatic heterocycles. The van der Waals surface area contributed by atoms with E-state index in [1.54, 1.807) is 30.3 Å². The average molecular weight is 405 g/mol. The van der Waals surface area contributed by atoms with Crippen molar-refractivity contribution < 1.29 is 18.7 Å². The number of carbonyl (C=O) groups is 1. The van der Waals surface area contributed by atoms with Crippen LogP contribution in [0.2, 0.25) is 5.15 Å². The maximum absolute atomic E-state index is 15.2. The number of aromatic nitrogens is 4. The summed E-state index contributed by atoms with van der Waals surface area (Å²) in [5.41, 5.74) is 4.71. The van der Waals surface area contributed by atoms with Gasteiger partial charge in [-0.1, -0.05) is 29.8 Å². The first-order valence-corrected chi connectivity index (χ1v) is 8.81. The second-order valence-corrected chi connectivity index (χ2v) is 6.86. The summed E-state index contributed by atoms with van der Waals surface area (Å²) in [5, 5.41) is 0.0668. The molecule has 10 heteroatoms. The number of alkyl halides is 1. The summed E-state index contributed by atoms with van der Waals surface area (Å²) < 4.78 is 27.6. The lowest BCUT2D eigenvalue weighted by molar-refractivity contribution is -0.0600. The molecule has 1 saturated heterocycles. The number of benzene rings is 1. The number of halogens is 2. The third kappa shape index (κ3) is 3.38. The summed E-state index contributed by atoms with van der Waals surface area (Å²) in [5.74, 6) is -0.572. The fourth-order valence-electron chi connectivity index (χ4n) is 3.09. The highest BCUT2D eigenvalue weighted by molar-refractivity contribution is 6.33. The summed E-state index contributed by atoms with van der Waals surface area (Å²) in [7, 11) is 0. The molecule has 0 aliphatic carbocycles. The molecule has 3 aromatic rings. The maximum Gasteiger partial charge on any atom is 0.338 e. The Bertz CT molecular complexity index is 1030. The van der Waals surface area contributed by atoms with E-state index in [9.17, 15) is 4.79 Å². The first-order valence-electron chi connectivity index (χ1n) is 8.43. The van der Waals surface area contributed by atoms with E-state index in [4.69, 9.17) is 26.8 Å². The van der Waals surface area contributed by atoms with Crippen molar-refractivity contribution in [2.24, 2.45) is 0 Å². The van der Waals surface area contributed by atoms with Crippen molar-refractivity contribution in [2.75, 3.05) is 12.3 Å². The monoisotopic (exact) mass is 404 g/mol. The highest BCUT2D eigenvalue weighted by Crippen LogP contribution is 2.41. The summed E-state index contributed by atoms with van der Waals surface area (Å²) >= 11 is 6.02. The lowest BCUT2D eigenvalue weighted by atomic mass is 10.0. The number of rotatable bonds is 4. The number of nitrogens with zero attached hydrogens (tertiary/aromatic N) is 4. The van der Waals surface area contributed by atoms with Gasteiger partial charge in [-0.2, -0.15) is 9.97 Å². The number of nitrogens with two attached hydrogens (primary N) is 1. The quantitative estimate of drug-likeness (QED) is 0.526. The molecule has 1 aromatic carbocycles. The predicted octanol–water partition coefficient (Wildman–Crippen LogP) is 2.75. The van der Waals surface area contributed by atoms with Crippen LogP contribution in [0.5, 0.6) is 0 Å². The summed E-state index contributed by atoms with van der Waals surface area (Å²) in [4.78, 5) is 24.1. The van der Waals surface area contributed by atoms with Crippen LogP contribution >= 0.6 is 11.6 Å². The van der Waals surface area contributed by atoms with Gasteiger partial charge in [0.2, 0.25) is 5.95 Å². The fraction of sp³-hybridized carbons (Fsp3) is 0.278. The molecule has 0 bridgehead atoms. The van der Waals surface area contributed by atoms with Crippen molar-refractivity contribution >= 4 is 34.7 Å². The van der Waals surface area contributed by atoms with Crippen molar-refractivity contribution in [3.63, 3.8) is 0 Å². The Morgan fingerprint density at radius 2 is 2.14 bits per heavy atom. The normalized spacial score (nSPS) is 24.5. The zero-order valence-corrected chi connectivity index (χ0v) is 15.5. The number of nitrogen functional groups attached to an aromatic ring is 1. The Labute approximate surface area is 164 Å². The largest absolute Gasteiger partial charge is 0.459 e. The summed E-state index contributed by atoms with van der Waals surface area (Å²) in [6, 6.07) is 8.52. The van der Waals surface area contributed by atoms with Crippen LogP contribution in [0.25, 0.3) is 11.2 Å². The molecule has 145 valence electrons. The number of ether oxygens (including phenoxy) is 2. The van der Waals surface area contributed by atoms with Crippen molar-refractivity contribution in [1.29, 1.82) is 0 Å². The highest BCUT2D eigenvalue weighted by Gasteiger charge is 2.48. The Hall–Kier alpha value is -2.78. The maximum atomic E-state index is 15.2. The number of anilines is 1. The van der Waals surface area contributed by atoms with Crippen LogP contribution in [0.4, 0.5) is 10.3 Å². The zero-order valence-electron chi connectivity index (χ0n) is 14.8. The van der Waals surface area contributed by atoms with Crippen molar-refractivity contribution in [3.05, 3.63) is 53.8 Å². The van der Waals surface area contributed by atoms with Crippen LogP contribution in [-0.2, 0) is 9.47 Å². The molecular weight excluding hydrogens is 389 g/mol. The standard InChI is InChI=1S/C18H16ClFN5O3/c1-18(20)7-11(8-27-15(26)10-5-3-2-4-6-10)28-16(18)25-9-22-12-13(19)23-17(21)24-14(12)25/h2-7,9,11,16H,8H2,1H3,(H2,21,23,24)/t11-,16-,18-/m1/s1. The molecule has 8 nitrogen and oxygen atoms in total. The number of esters is 1. The minimum atomic E-state index is -1.87. The topological polar surface area (TPSA) is 105 Å². The third-order valence-corrected chi connectivity index (χ3v) is 4.60. The molecular formula is C18H16ClFN5O3. The van der Waals surface area contributed by atoms with Crippen molar-refractivity contribution in [2.45, 2.75) is 24.9 Å². The predicted molar refractivity (Wildman–Crippen MR) is 99.2 cm³/mol. The van der Waals surface area contributed by atoms with E-state index in [0.29, 0.717) is 5.56 Å². The molecule has 1 radical (unpaired) electrons. The van der Waals surface area contributed by atoms with Gasteiger partial charge in [0.15, 0.2) is 22.7 Å². The molecule has 0 amide bonds. The molecule has 0 saturated carbocycles. The number of hydrogen-bond donors (Lipinski definition) is 1. The molecule has 2 aromatic heterocycles. The van der Waals surface area contributed by atoms with E-state index in [0.717, 1.165) is 0 Å².